The highest BCUT2D eigenvalue weighted by Gasteiger charge is 2.22. The zero-order valence-electron chi connectivity index (χ0n) is 12.1. The number of rotatable bonds is 9. The second-order valence-corrected chi connectivity index (χ2v) is 6.94. The minimum Gasteiger partial charge on any atom is -0.385 e. The minimum absolute atomic E-state index is 0.324. The number of methoxy groups -OCH3 is 1. The number of sulfonamides is 1. The van der Waals surface area contributed by atoms with Gasteiger partial charge in [0.1, 0.15) is 0 Å². The summed E-state index contributed by atoms with van der Waals surface area (Å²) in [6.07, 6.45) is 4.76. The van der Waals surface area contributed by atoms with E-state index in [1.165, 1.54) is 12.8 Å². The van der Waals surface area contributed by atoms with E-state index in [1.807, 2.05) is 11.6 Å². The lowest BCUT2D eigenvalue weighted by molar-refractivity contribution is 0.196. The first kappa shape index (κ1) is 15.5. The molecule has 1 heterocycles. The predicted octanol–water partition coefficient (Wildman–Crippen LogP) is 0.592. The molecule has 1 aromatic rings. The third kappa shape index (κ3) is 4.31. The third-order valence-electron chi connectivity index (χ3n) is 3.36. The van der Waals surface area contributed by atoms with Crippen molar-refractivity contribution >= 4 is 10.0 Å². The molecule has 0 spiro atoms. The van der Waals surface area contributed by atoms with Crippen LogP contribution < -0.4 is 10.0 Å². The molecule has 0 aromatic carbocycles. The van der Waals surface area contributed by atoms with Crippen LogP contribution in [0.3, 0.4) is 0 Å². The number of nitrogens with zero attached hydrogens (tertiary/aromatic N) is 1. The van der Waals surface area contributed by atoms with E-state index in [0.717, 1.165) is 5.69 Å². The van der Waals surface area contributed by atoms with Crippen molar-refractivity contribution in [3.8, 4) is 0 Å². The fraction of sp³-hybridized carbons (Fsp3) is 0.692. The van der Waals surface area contributed by atoms with Crippen LogP contribution in [0.2, 0.25) is 0 Å². The summed E-state index contributed by atoms with van der Waals surface area (Å²) in [5, 5.41) is 3.39. The van der Waals surface area contributed by atoms with E-state index in [0.29, 0.717) is 37.1 Å². The Morgan fingerprint density at radius 2 is 2.20 bits per heavy atom. The van der Waals surface area contributed by atoms with Crippen LogP contribution in [0.4, 0.5) is 0 Å². The Morgan fingerprint density at radius 3 is 2.85 bits per heavy atom. The van der Waals surface area contributed by atoms with Crippen molar-refractivity contribution in [2.45, 2.75) is 36.7 Å². The Labute approximate surface area is 120 Å². The SMILES string of the molecule is COCCCNS(=O)(=O)c1cc(CNC2CC2)n(C)c1. The van der Waals surface area contributed by atoms with Gasteiger partial charge in [0.25, 0.3) is 0 Å². The summed E-state index contributed by atoms with van der Waals surface area (Å²) >= 11 is 0. The summed E-state index contributed by atoms with van der Waals surface area (Å²) in [6, 6.07) is 2.34. The van der Waals surface area contributed by atoms with Crippen LogP contribution in [0.25, 0.3) is 0 Å². The van der Waals surface area contributed by atoms with Crippen molar-refractivity contribution in [3.05, 3.63) is 18.0 Å². The van der Waals surface area contributed by atoms with Crippen LogP contribution in [0.15, 0.2) is 17.2 Å². The van der Waals surface area contributed by atoms with Crippen LogP contribution in [0, 0.1) is 0 Å². The Hall–Kier alpha value is -0.890. The van der Waals surface area contributed by atoms with E-state index in [2.05, 4.69) is 10.0 Å². The molecule has 1 aliphatic carbocycles. The average molecular weight is 301 g/mol. The normalized spacial score (nSPS) is 15.7. The van der Waals surface area contributed by atoms with Crippen LogP contribution in [-0.4, -0.2) is 39.3 Å². The van der Waals surface area contributed by atoms with Crippen molar-refractivity contribution in [2.75, 3.05) is 20.3 Å². The van der Waals surface area contributed by atoms with Gasteiger partial charge in [-0.05, 0) is 25.3 Å². The summed E-state index contributed by atoms with van der Waals surface area (Å²) < 4.78 is 33.6. The van der Waals surface area contributed by atoms with Crippen LogP contribution in [0.5, 0.6) is 0 Å². The molecule has 1 aliphatic rings. The number of hydrogen-bond acceptors (Lipinski definition) is 4. The Kier molecular flexibility index (Phi) is 5.20. The molecule has 0 radical (unpaired) electrons. The first-order chi connectivity index (χ1) is 9.53. The lowest BCUT2D eigenvalue weighted by Crippen LogP contribution is -2.25. The molecule has 1 aromatic heterocycles. The van der Waals surface area contributed by atoms with E-state index >= 15 is 0 Å². The van der Waals surface area contributed by atoms with Gasteiger partial charge in [-0.25, -0.2) is 13.1 Å². The maximum Gasteiger partial charge on any atom is 0.242 e. The minimum atomic E-state index is -3.42. The van der Waals surface area contributed by atoms with Crippen LogP contribution in [-0.2, 0) is 28.4 Å². The van der Waals surface area contributed by atoms with Gasteiger partial charge in [-0.15, -0.1) is 0 Å². The molecule has 0 unspecified atom stereocenters. The smallest absolute Gasteiger partial charge is 0.242 e. The van der Waals surface area contributed by atoms with E-state index in [9.17, 15) is 8.42 Å². The highest BCUT2D eigenvalue weighted by molar-refractivity contribution is 7.89. The molecule has 7 heteroatoms. The topological polar surface area (TPSA) is 72.4 Å². The maximum absolute atomic E-state index is 12.1. The van der Waals surface area contributed by atoms with Crippen LogP contribution in [0.1, 0.15) is 25.0 Å². The van der Waals surface area contributed by atoms with Crippen LogP contribution >= 0.6 is 0 Å². The first-order valence-corrected chi connectivity index (χ1v) is 8.38. The molecule has 0 atom stereocenters. The molecule has 0 bridgehead atoms. The van der Waals surface area contributed by atoms with Crippen molar-refractivity contribution in [3.63, 3.8) is 0 Å². The van der Waals surface area contributed by atoms with Gasteiger partial charge >= 0.3 is 0 Å². The molecule has 0 aliphatic heterocycles. The second kappa shape index (κ2) is 6.71. The van der Waals surface area contributed by atoms with Gasteiger partial charge < -0.3 is 14.6 Å². The number of aryl methyl sites for hydroxylation is 1. The molecule has 0 amide bonds. The van der Waals surface area contributed by atoms with Crippen molar-refractivity contribution in [1.82, 2.24) is 14.6 Å². The molecule has 2 rings (SSSR count). The second-order valence-electron chi connectivity index (χ2n) is 5.18. The molecular formula is C13H23N3O3S. The van der Waals surface area contributed by atoms with Crippen molar-refractivity contribution in [2.24, 2.45) is 7.05 Å². The molecule has 1 saturated carbocycles. The summed E-state index contributed by atoms with van der Waals surface area (Å²) in [4.78, 5) is 0.324. The third-order valence-corrected chi connectivity index (χ3v) is 4.79. The first-order valence-electron chi connectivity index (χ1n) is 6.90. The van der Waals surface area contributed by atoms with Gasteiger partial charge in [-0.2, -0.15) is 0 Å². The molecule has 114 valence electrons. The lowest BCUT2D eigenvalue weighted by atomic mass is 10.4. The summed E-state index contributed by atoms with van der Waals surface area (Å²) in [7, 11) is 0.0514. The van der Waals surface area contributed by atoms with Crippen molar-refractivity contribution < 1.29 is 13.2 Å². The lowest BCUT2D eigenvalue weighted by Gasteiger charge is -2.04. The Balaban J connectivity index is 1.94. The maximum atomic E-state index is 12.1. The van der Waals surface area contributed by atoms with Gasteiger partial charge in [-0.3, -0.25) is 0 Å². The number of aromatic nitrogens is 1. The fourth-order valence-corrected chi connectivity index (χ4v) is 3.11. The molecule has 6 nitrogen and oxygen atoms in total. The van der Waals surface area contributed by atoms with Gasteiger partial charge in [-0.1, -0.05) is 0 Å². The van der Waals surface area contributed by atoms with E-state index < -0.39 is 10.0 Å². The monoisotopic (exact) mass is 301 g/mol. The predicted molar refractivity (Wildman–Crippen MR) is 77.0 cm³/mol. The number of ether oxygens (including phenoxy) is 1. The molecular weight excluding hydrogens is 278 g/mol. The van der Waals surface area contributed by atoms with E-state index in [-0.39, 0.29) is 0 Å². The van der Waals surface area contributed by atoms with E-state index in [1.54, 1.807) is 19.4 Å². The molecule has 0 saturated heterocycles. The fourth-order valence-electron chi connectivity index (χ4n) is 1.94. The van der Waals surface area contributed by atoms with E-state index in [4.69, 9.17) is 4.74 Å². The van der Waals surface area contributed by atoms with Crippen molar-refractivity contribution in [1.29, 1.82) is 0 Å². The Morgan fingerprint density at radius 1 is 1.45 bits per heavy atom. The molecule has 2 N–H and O–H groups in total. The van der Waals surface area contributed by atoms with Gasteiger partial charge in [0.05, 0.1) is 4.90 Å². The standard InChI is InChI=1S/C13H23N3O3S/c1-16-10-13(8-12(16)9-14-11-4-5-11)20(17,18)15-6-3-7-19-2/h8,10-11,14-15H,3-7,9H2,1-2H3. The number of hydrogen-bond donors (Lipinski definition) is 2. The average Bonchev–Trinajstić information content (AvgIpc) is 3.15. The van der Waals surface area contributed by atoms with Gasteiger partial charge in [0, 0.05) is 51.8 Å². The molecule has 20 heavy (non-hydrogen) atoms. The van der Waals surface area contributed by atoms with Gasteiger partial charge in [0.2, 0.25) is 10.0 Å². The number of nitrogens with one attached hydrogen (secondary N) is 2. The van der Waals surface area contributed by atoms with Gasteiger partial charge in [0.15, 0.2) is 0 Å². The summed E-state index contributed by atoms with van der Waals surface area (Å²) in [5.74, 6) is 0. The highest BCUT2D eigenvalue weighted by atomic mass is 32.2. The quantitative estimate of drug-likeness (QED) is 0.655. The highest BCUT2D eigenvalue weighted by Crippen LogP contribution is 2.20. The summed E-state index contributed by atoms with van der Waals surface area (Å²) in [5.41, 5.74) is 0.981. The zero-order valence-corrected chi connectivity index (χ0v) is 12.9. The zero-order chi connectivity index (χ0) is 14.6. The largest absolute Gasteiger partial charge is 0.385 e. The Bertz CT molecular complexity index is 535. The molecule has 1 fully saturated rings. The summed E-state index contributed by atoms with van der Waals surface area (Å²) in [6.45, 7) is 1.65.